The van der Waals surface area contributed by atoms with E-state index in [9.17, 15) is 10.2 Å². The van der Waals surface area contributed by atoms with Crippen LogP contribution in [0.25, 0.3) is 0 Å². The van der Waals surface area contributed by atoms with Crippen molar-refractivity contribution in [1.82, 2.24) is 0 Å². The normalized spacial score (nSPS) is 11.8. The summed E-state index contributed by atoms with van der Waals surface area (Å²) in [5.74, 6) is 0.732. The van der Waals surface area contributed by atoms with Gasteiger partial charge in [0.05, 0.1) is 0 Å². The third kappa shape index (κ3) is 4.78. The van der Waals surface area contributed by atoms with Crippen molar-refractivity contribution in [3.63, 3.8) is 0 Å². The van der Waals surface area contributed by atoms with Crippen LogP contribution in [0.5, 0.6) is 11.5 Å². The molecule has 0 spiro atoms. The van der Waals surface area contributed by atoms with Gasteiger partial charge in [0, 0.05) is 5.92 Å². The monoisotopic (exact) mass is 384 g/mol. The fourth-order valence-corrected chi connectivity index (χ4v) is 3.81. The number of aromatic hydroxyl groups is 2. The lowest BCUT2D eigenvalue weighted by Crippen LogP contribution is -2.07. The molecule has 0 aliphatic heterocycles. The molecule has 2 N–H and O–H groups in total. The Balaban J connectivity index is 2.12. The molecule has 0 heterocycles. The standard InChI is InChI=1S/C27H28O2/c1-4-9-22-17-21(13-14-26(22)28)25(16-20-11-7-6-8-12-20)24-15-19(3)27(29)23(18-24)10-5-2/h4-8,11-15,17-18,25,28-29H,1-2,9-10,16H2,3H3. The predicted molar refractivity (Wildman–Crippen MR) is 121 cm³/mol. The summed E-state index contributed by atoms with van der Waals surface area (Å²) in [4.78, 5) is 0. The summed E-state index contributed by atoms with van der Waals surface area (Å²) in [5, 5.41) is 20.7. The lowest BCUT2D eigenvalue weighted by atomic mass is 9.83. The molecule has 0 radical (unpaired) electrons. The van der Waals surface area contributed by atoms with Crippen molar-refractivity contribution in [3.05, 3.63) is 119 Å². The van der Waals surface area contributed by atoms with Crippen LogP contribution in [0.3, 0.4) is 0 Å². The van der Waals surface area contributed by atoms with Gasteiger partial charge in [0.2, 0.25) is 0 Å². The Bertz CT molecular complexity index is 1000. The first-order valence-electron chi connectivity index (χ1n) is 9.93. The van der Waals surface area contributed by atoms with Crippen molar-refractivity contribution in [2.45, 2.75) is 32.1 Å². The molecule has 0 aliphatic carbocycles. The molecule has 0 aliphatic rings. The minimum absolute atomic E-state index is 0.101. The van der Waals surface area contributed by atoms with Gasteiger partial charge in [-0.05, 0) is 65.6 Å². The zero-order chi connectivity index (χ0) is 20.8. The van der Waals surface area contributed by atoms with E-state index in [1.165, 1.54) is 5.56 Å². The van der Waals surface area contributed by atoms with Crippen LogP contribution >= 0.6 is 0 Å². The van der Waals surface area contributed by atoms with Gasteiger partial charge in [-0.1, -0.05) is 66.7 Å². The summed E-state index contributed by atoms with van der Waals surface area (Å²) in [6, 6.07) is 20.4. The highest BCUT2D eigenvalue weighted by Crippen LogP contribution is 2.35. The second-order valence-electron chi connectivity index (χ2n) is 7.46. The van der Waals surface area contributed by atoms with E-state index in [0.29, 0.717) is 24.3 Å². The number of hydrogen-bond donors (Lipinski definition) is 2. The van der Waals surface area contributed by atoms with Crippen LogP contribution in [0.2, 0.25) is 0 Å². The summed E-state index contributed by atoms with van der Waals surface area (Å²) in [7, 11) is 0. The summed E-state index contributed by atoms with van der Waals surface area (Å²) in [6.45, 7) is 9.56. The van der Waals surface area contributed by atoms with Gasteiger partial charge in [0.25, 0.3) is 0 Å². The van der Waals surface area contributed by atoms with Gasteiger partial charge in [-0.25, -0.2) is 0 Å². The van der Waals surface area contributed by atoms with Crippen molar-refractivity contribution >= 4 is 0 Å². The minimum Gasteiger partial charge on any atom is -0.508 e. The minimum atomic E-state index is 0.101. The fraction of sp³-hybridized carbons (Fsp3) is 0.185. The highest BCUT2D eigenvalue weighted by Gasteiger charge is 2.19. The van der Waals surface area contributed by atoms with Gasteiger partial charge in [-0.15, -0.1) is 13.2 Å². The molecule has 0 saturated heterocycles. The molecule has 3 aromatic carbocycles. The topological polar surface area (TPSA) is 40.5 Å². The Morgan fingerprint density at radius 1 is 0.828 bits per heavy atom. The number of rotatable bonds is 8. The summed E-state index contributed by atoms with van der Waals surface area (Å²) in [6.07, 6.45) is 5.69. The molecule has 0 bridgehead atoms. The van der Waals surface area contributed by atoms with E-state index in [0.717, 1.165) is 34.2 Å². The first kappa shape index (κ1) is 20.5. The molecule has 1 unspecified atom stereocenters. The average molecular weight is 385 g/mol. The van der Waals surface area contributed by atoms with Crippen LogP contribution in [0.1, 0.15) is 39.3 Å². The molecule has 0 fully saturated rings. The number of allylic oxidation sites excluding steroid dienone is 2. The number of benzene rings is 3. The second kappa shape index (κ2) is 9.29. The zero-order valence-electron chi connectivity index (χ0n) is 16.9. The molecule has 0 aromatic heterocycles. The molecule has 0 saturated carbocycles. The smallest absolute Gasteiger partial charge is 0.122 e. The SMILES string of the molecule is C=CCc1cc(C(Cc2ccccc2)c2cc(C)c(O)c(CC=C)c2)ccc1O. The van der Waals surface area contributed by atoms with Gasteiger partial charge in [0.1, 0.15) is 11.5 Å². The third-order valence-corrected chi connectivity index (χ3v) is 5.32. The first-order valence-corrected chi connectivity index (χ1v) is 9.93. The van der Waals surface area contributed by atoms with Crippen LogP contribution in [0, 0.1) is 6.92 Å². The number of hydrogen-bond acceptors (Lipinski definition) is 2. The lowest BCUT2D eigenvalue weighted by Gasteiger charge is -2.22. The Morgan fingerprint density at radius 2 is 1.48 bits per heavy atom. The largest absolute Gasteiger partial charge is 0.508 e. The van der Waals surface area contributed by atoms with Crippen molar-refractivity contribution in [1.29, 1.82) is 0 Å². The number of phenols is 2. The predicted octanol–water partition coefficient (Wildman–Crippen LogP) is 6.24. The molecule has 148 valence electrons. The highest BCUT2D eigenvalue weighted by molar-refractivity contribution is 5.49. The van der Waals surface area contributed by atoms with E-state index in [-0.39, 0.29) is 5.92 Å². The molecule has 2 heteroatoms. The summed E-state index contributed by atoms with van der Waals surface area (Å²) >= 11 is 0. The van der Waals surface area contributed by atoms with Crippen molar-refractivity contribution in [2.24, 2.45) is 0 Å². The summed E-state index contributed by atoms with van der Waals surface area (Å²) < 4.78 is 0. The fourth-order valence-electron chi connectivity index (χ4n) is 3.81. The van der Waals surface area contributed by atoms with Crippen molar-refractivity contribution in [3.8, 4) is 11.5 Å². The van der Waals surface area contributed by atoms with Crippen LogP contribution < -0.4 is 0 Å². The van der Waals surface area contributed by atoms with Crippen LogP contribution in [0.15, 0.2) is 86.0 Å². The van der Waals surface area contributed by atoms with E-state index >= 15 is 0 Å². The van der Waals surface area contributed by atoms with Crippen molar-refractivity contribution < 1.29 is 10.2 Å². The van der Waals surface area contributed by atoms with Gasteiger partial charge in [-0.2, -0.15) is 0 Å². The highest BCUT2D eigenvalue weighted by atomic mass is 16.3. The maximum absolute atomic E-state index is 10.5. The molecular weight excluding hydrogens is 356 g/mol. The van der Waals surface area contributed by atoms with Gasteiger partial charge < -0.3 is 10.2 Å². The summed E-state index contributed by atoms with van der Waals surface area (Å²) in [5.41, 5.74) is 6.15. The van der Waals surface area contributed by atoms with E-state index in [1.807, 2.05) is 25.1 Å². The second-order valence-corrected chi connectivity index (χ2v) is 7.46. The number of aryl methyl sites for hydroxylation is 1. The molecule has 3 rings (SSSR count). The van der Waals surface area contributed by atoms with Crippen LogP contribution in [0.4, 0.5) is 0 Å². The Labute approximate surface area is 173 Å². The average Bonchev–Trinajstić information content (AvgIpc) is 2.72. The van der Waals surface area contributed by atoms with E-state index in [1.54, 1.807) is 12.1 Å². The zero-order valence-corrected chi connectivity index (χ0v) is 16.9. The quantitative estimate of drug-likeness (QED) is 0.451. The molecule has 29 heavy (non-hydrogen) atoms. The van der Waals surface area contributed by atoms with Crippen LogP contribution in [-0.2, 0) is 19.3 Å². The van der Waals surface area contributed by atoms with Gasteiger partial charge in [0.15, 0.2) is 0 Å². The maximum Gasteiger partial charge on any atom is 0.122 e. The van der Waals surface area contributed by atoms with Crippen LogP contribution in [-0.4, -0.2) is 10.2 Å². The third-order valence-electron chi connectivity index (χ3n) is 5.32. The van der Waals surface area contributed by atoms with Gasteiger partial charge in [-0.3, -0.25) is 0 Å². The molecule has 1 atom stereocenters. The Hall–Kier alpha value is -3.26. The van der Waals surface area contributed by atoms with E-state index in [2.05, 4.69) is 55.6 Å². The molecule has 3 aromatic rings. The van der Waals surface area contributed by atoms with E-state index < -0.39 is 0 Å². The lowest BCUT2D eigenvalue weighted by molar-refractivity contribution is 0.465. The molecule has 0 amide bonds. The number of phenolic OH excluding ortho intramolecular Hbond substituents is 2. The Kier molecular flexibility index (Phi) is 6.56. The maximum atomic E-state index is 10.5. The molecular formula is C27H28O2. The van der Waals surface area contributed by atoms with Gasteiger partial charge >= 0.3 is 0 Å². The van der Waals surface area contributed by atoms with Crippen molar-refractivity contribution in [2.75, 3.05) is 0 Å². The van der Waals surface area contributed by atoms with E-state index in [4.69, 9.17) is 0 Å². The molecule has 2 nitrogen and oxygen atoms in total. The first-order chi connectivity index (χ1) is 14.0. The Morgan fingerprint density at radius 3 is 2.17 bits per heavy atom.